The highest BCUT2D eigenvalue weighted by molar-refractivity contribution is 7.14. The molecule has 0 saturated carbocycles. The van der Waals surface area contributed by atoms with E-state index in [-0.39, 0.29) is 11.9 Å². The van der Waals surface area contributed by atoms with Crippen LogP contribution < -0.4 is 5.32 Å². The molecule has 0 radical (unpaired) electrons. The van der Waals surface area contributed by atoms with Gasteiger partial charge < -0.3 is 10.1 Å². The minimum Gasteiger partial charge on any atom is -0.448 e. The Labute approximate surface area is 152 Å². The van der Waals surface area contributed by atoms with Crippen LogP contribution in [0.1, 0.15) is 58.4 Å². The number of hydrogen-bond donors (Lipinski definition) is 1. The first kappa shape index (κ1) is 17.7. The monoisotopic (exact) mass is 357 g/mol. The summed E-state index contributed by atoms with van der Waals surface area (Å²) in [5.74, 6) is -0.694. The van der Waals surface area contributed by atoms with E-state index in [9.17, 15) is 9.59 Å². The molecule has 1 aromatic heterocycles. The maximum Gasteiger partial charge on any atom is 0.349 e. The maximum absolute atomic E-state index is 12.3. The van der Waals surface area contributed by atoms with E-state index >= 15 is 0 Å². The SMILES string of the molecule is CC(OC(=O)c1cc2c(s1)CCCC2)C(=O)NC(C)c1ccccc1. The van der Waals surface area contributed by atoms with Gasteiger partial charge in [-0.2, -0.15) is 0 Å². The molecule has 132 valence electrons. The smallest absolute Gasteiger partial charge is 0.349 e. The molecule has 0 saturated heterocycles. The molecular formula is C20H23NO3S. The van der Waals surface area contributed by atoms with Crippen LogP contribution in [0.5, 0.6) is 0 Å². The second-order valence-corrected chi connectivity index (χ2v) is 7.59. The molecule has 1 aromatic carbocycles. The van der Waals surface area contributed by atoms with Crippen LogP contribution >= 0.6 is 11.3 Å². The maximum atomic E-state index is 12.3. The highest BCUT2D eigenvalue weighted by Gasteiger charge is 2.23. The fraction of sp³-hybridized carbons (Fsp3) is 0.400. The van der Waals surface area contributed by atoms with Gasteiger partial charge in [0, 0.05) is 4.88 Å². The Morgan fingerprint density at radius 3 is 2.56 bits per heavy atom. The highest BCUT2D eigenvalue weighted by atomic mass is 32.1. The fourth-order valence-corrected chi connectivity index (χ4v) is 4.16. The number of esters is 1. The van der Waals surface area contributed by atoms with Crippen molar-refractivity contribution < 1.29 is 14.3 Å². The minimum absolute atomic E-state index is 0.135. The van der Waals surface area contributed by atoms with Crippen LogP contribution in [0.4, 0.5) is 0 Å². The number of aryl methyl sites for hydroxylation is 2. The number of thiophene rings is 1. The van der Waals surface area contributed by atoms with Crippen molar-refractivity contribution in [2.24, 2.45) is 0 Å². The molecule has 0 bridgehead atoms. The Bertz CT molecular complexity index is 730. The topological polar surface area (TPSA) is 55.4 Å². The van der Waals surface area contributed by atoms with Gasteiger partial charge in [0.15, 0.2) is 6.10 Å². The van der Waals surface area contributed by atoms with Crippen molar-refractivity contribution in [1.29, 1.82) is 0 Å². The lowest BCUT2D eigenvalue weighted by Crippen LogP contribution is -2.37. The average Bonchev–Trinajstić information content (AvgIpc) is 3.06. The van der Waals surface area contributed by atoms with Gasteiger partial charge in [0.2, 0.25) is 0 Å². The quantitative estimate of drug-likeness (QED) is 0.822. The molecule has 1 N–H and O–H groups in total. The van der Waals surface area contributed by atoms with Gasteiger partial charge in [0.05, 0.1) is 6.04 Å². The van der Waals surface area contributed by atoms with Crippen molar-refractivity contribution in [3.63, 3.8) is 0 Å². The number of fused-ring (bicyclic) bond motifs is 1. The summed E-state index contributed by atoms with van der Waals surface area (Å²) in [6.07, 6.45) is 3.60. The van der Waals surface area contributed by atoms with Crippen molar-refractivity contribution in [2.45, 2.75) is 51.7 Å². The Hall–Kier alpha value is -2.14. The third-order valence-corrected chi connectivity index (χ3v) is 5.73. The minimum atomic E-state index is -0.821. The predicted molar refractivity (Wildman–Crippen MR) is 98.8 cm³/mol. The van der Waals surface area contributed by atoms with Crippen LogP contribution in [0.2, 0.25) is 0 Å². The third-order valence-electron chi connectivity index (χ3n) is 4.51. The van der Waals surface area contributed by atoms with Crippen molar-refractivity contribution in [2.75, 3.05) is 0 Å². The second kappa shape index (κ2) is 7.83. The summed E-state index contributed by atoms with van der Waals surface area (Å²) in [5, 5.41) is 2.89. The summed E-state index contributed by atoms with van der Waals surface area (Å²) in [6.45, 7) is 3.52. The summed E-state index contributed by atoms with van der Waals surface area (Å²) in [5.41, 5.74) is 2.28. The highest BCUT2D eigenvalue weighted by Crippen LogP contribution is 2.30. The number of rotatable bonds is 5. The molecule has 4 nitrogen and oxygen atoms in total. The Morgan fingerprint density at radius 1 is 1.12 bits per heavy atom. The standard InChI is InChI=1S/C20H23NO3S/c1-13(15-8-4-3-5-9-15)21-19(22)14(2)24-20(23)18-12-16-10-6-7-11-17(16)25-18/h3-5,8-9,12-14H,6-7,10-11H2,1-2H3,(H,21,22). The van der Waals surface area contributed by atoms with Gasteiger partial charge in [-0.3, -0.25) is 4.79 Å². The van der Waals surface area contributed by atoms with E-state index in [0.717, 1.165) is 18.4 Å². The van der Waals surface area contributed by atoms with E-state index in [4.69, 9.17) is 4.74 Å². The molecule has 1 heterocycles. The molecule has 0 aliphatic heterocycles. The molecule has 1 aliphatic carbocycles. The Morgan fingerprint density at radius 2 is 1.84 bits per heavy atom. The van der Waals surface area contributed by atoms with Crippen molar-refractivity contribution in [1.82, 2.24) is 5.32 Å². The number of ether oxygens (including phenoxy) is 1. The number of carbonyl (C=O) groups excluding carboxylic acids is 2. The molecule has 2 atom stereocenters. The van der Waals surface area contributed by atoms with Gasteiger partial charge in [-0.05, 0) is 56.7 Å². The number of benzene rings is 1. The Balaban J connectivity index is 1.57. The van der Waals surface area contributed by atoms with Crippen LogP contribution in [0.3, 0.4) is 0 Å². The van der Waals surface area contributed by atoms with Crippen LogP contribution in [-0.2, 0) is 22.4 Å². The van der Waals surface area contributed by atoms with Crippen LogP contribution in [0.25, 0.3) is 0 Å². The second-order valence-electron chi connectivity index (χ2n) is 6.45. The zero-order valence-corrected chi connectivity index (χ0v) is 15.4. The summed E-state index contributed by atoms with van der Waals surface area (Å²) in [6, 6.07) is 11.5. The van der Waals surface area contributed by atoms with Crippen molar-refractivity contribution in [3.8, 4) is 0 Å². The number of amides is 1. The molecule has 1 amide bonds. The van der Waals surface area contributed by atoms with E-state index < -0.39 is 12.1 Å². The lowest BCUT2D eigenvalue weighted by atomic mass is 9.99. The predicted octanol–water partition coefficient (Wildman–Crippen LogP) is 4.05. The summed E-state index contributed by atoms with van der Waals surface area (Å²) in [7, 11) is 0. The zero-order valence-electron chi connectivity index (χ0n) is 14.6. The van der Waals surface area contributed by atoms with E-state index in [1.54, 1.807) is 6.92 Å². The van der Waals surface area contributed by atoms with Gasteiger partial charge in [-0.25, -0.2) is 4.79 Å². The molecule has 5 heteroatoms. The van der Waals surface area contributed by atoms with Gasteiger partial charge in [0.25, 0.3) is 5.91 Å². The Kier molecular flexibility index (Phi) is 5.53. The molecule has 0 spiro atoms. The first-order valence-electron chi connectivity index (χ1n) is 8.72. The largest absolute Gasteiger partial charge is 0.448 e. The third kappa shape index (κ3) is 4.28. The van der Waals surface area contributed by atoms with Gasteiger partial charge in [0.1, 0.15) is 4.88 Å². The van der Waals surface area contributed by atoms with E-state index in [1.807, 2.05) is 43.3 Å². The lowest BCUT2D eigenvalue weighted by Gasteiger charge is -2.18. The summed E-state index contributed by atoms with van der Waals surface area (Å²) < 4.78 is 5.37. The van der Waals surface area contributed by atoms with E-state index in [1.165, 1.54) is 34.6 Å². The zero-order chi connectivity index (χ0) is 17.8. The first-order valence-corrected chi connectivity index (χ1v) is 9.54. The number of carbonyl (C=O) groups is 2. The van der Waals surface area contributed by atoms with Crippen molar-refractivity contribution >= 4 is 23.2 Å². The van der Waals surface area contributed by atoms with E-state index in [2.05, 4.69) is 5.32 Å². The fourth-order valence-electron chi connectivity index (χ4n) is 3.02. The van der Waals surface area contributed by atoms with Crippen LogP contribution in [0, 0.1) is 0 Å². The van der Waals surface area contributed by atoms with Crippen molar-refractivity contribution in [3.05, 3.63) is 57.3 Å². The molecule has 0 fully saturated rings. The van der Waals surface area contributed by atoms with Gasteiger partial charge in [-0.15, -0.1) is 11.3 Å². The first-order chi connectivity index (χ1) is 12.0. The molecule has 25 heavy (non-hydrogen) atoms. The molecule has 1 aliphatic rings. The van der Waals surface area contributed by atoms with E-state index in [0.29, 0.717) is 4.88 Å². The molecule has 2 aromatic rings. The van der Waals surface area contributed by atoms with Crippen LogP contribution in [-0.4, -0.2) is 18.0 Å². The average molecular weight is 357 g/mol. The summed E-state index contributed by atoms with van der Waals surface area (Å²) >= 11 is 1.50. The number of hydrogen-bond acceptors (Lipinski definition) is 4. The summed E-state index contributed by atoms with van der Waals surface area (Å²) in [4.78, 5) is 26.5. The van der Waals surface area contributed by atoms with Gasteiger partial charge in [-0.1, -0.05) is 30.3 Å². The number of nitrogens with one attached hydrogen (secondary N) is 1. The molecular weight excluding hydrogens is 334 g/mol. The molecule has 3 rings (SSSR count). The van der Waals surface area contributed by atoms with Gasteiger partial charge >= 0.3 is 5.97 Å². The lowest BCUT2D eigenvalue weighted by molar-refractivity contribution is -0.129. The molecule has 2 unspecified atom stereocenters. The van der Waals surface area contributed by atoms with Crippen LogP contribution in [0.15, 0.2) is 36.4 Å². The normalized spacial score (nSPS) is 15.8.